The summed E-state index contributed by atoms with van der Waals surface area (Å²) >= 11 is 6.09. The highest BCUT2D eigenvalue weighted by Crippen LogP contribution is 2.33. The molecule has 1 aliphatic heterocycles. The summed E-state index contributed by atoms with van der Waals surface area (Å²) in [6.07, 6.45) is 1.79. The maximum atomic E-state index is 12.6. The van der Waals surface area contributed by atoms with Crippen LogP contribution in [0, 0.1) is 6.92 Å². The van der Waals surface area contributed by atoms with Crippen LogP contribution in [-0.2, 0) is 13.1 Å². The topological polar surface area (TPSA) is 73.9 Å². The number of fused-ring (bicyclic) bond motifs is 2. The average Bonchev–Trinajstić information content (AvgIpc) is 3.10. The van der Waals surface area contributed by atoms with Gasteiger partial charge in [0.2, 0.25) is 0 Å². The standard InChI is InChI=1S/C22H18ClN5O/c1-13-7-15(5-6-24-13)21-18-9-16-12-28(11-14-3-2-4-17(23)8-14)22(29)25-19(16)10-20(18)26-27-21/h2-10H,11-12H2,1H3,(H,25,29)(H,26,27). The van der Waals surface area contributed by atoms with Crippen molar-refractivity contribution in [2.45, 2.75) is 20.0 Å². The molecule has 0 saturated carbocycles. The molecule has 0 unspecified atom stereocenters. The number of carbonyl (C=O) groups excluding carboxylic acids is 1. The van der Waals surface area contributed by atoms with Gasteiger partial charge < -0.3 is 10.2 Å². The lowest BCUT2D eigenvalue weighted by Gasteiger charge is -2.29. The predicted molar refractivity (Wildman–Crippen MR) is 114 cm³/mol. The predicted octanol–water partition coefficient (Wildman–Crippen LogP) is 5.13. The van der Waals surface area contributed by atoms with Crippen LogP contribution < -0.4 is 5.32 Å². The van der Waals surface area contributed by atoms with E-state index in [0.717, 1.165) is 44.7 Å². The van der Waals surface area contributed by atoms with Crippen molar-refractivity contribution < 1.29 is 4.79 Å². The van der Waals surface area contributed by atoms with Gasteiger partial charge in [0, 0.05) is 46.6 Å². The molecule has 2 aromatic heterocycles. The van der Waals surface area contributed by atoms with E-state index in [4.69, 9.17) is 11.6 Å². The lowest BCUT2D eigenvalue weighted by molar-refractivity contribution is 0.204. The molecule has 2 aromatic carbocycles. The highest BCUT2D eigenvalue weighted by molar-refractivity contribution is 6.30. The van der Waals surface area contributed by atoms with Crippen LogP contribution >= 0.6 is 11.6 Å². The zero-order valence-corrected chi connectivity index (χ0v) is 16.5. The number of hydrogen-bond acceptors (Lipinski definition) is 3. The van der Waals surface area contributed by atoms with Crippen LogP contribution in [0.1, 0.15) is 16.8 Å². The number of nitrogens with one attached hydrogen (secondary N) is 2. The van der Waals surface area contributed by atoms with Crippen LogP contribution in [0.4, 0.5) is 10.5 Å². The molecule has 0 aliphatic carbocycles. The fourth-order valence-corrected chi connectivity index (χ4v) is 3.94. The van der Waals surface area contributed by atoms with E-state index in [-0.39, 0.29) is 6.03 Å². The maximum Gasteiger partial charge on any atom is 0.322 e. The molecular weight excluding hydrogens is 386 g/mol. The van der Waals surface area contributed by atoms with Crippen molar-refractivity contribution in [2.75, 3.05) is 5.32 Å². The number of aromatic amines is 1. The second-order valence-corrected chi connectivity index (χ2v) is 7.67. The first-order valence-electron chi connectivity index (χ1n) is 9.31. The molecule has 29 heavy (non-hydrogen) atoms. The Morgan fingerprint density at radius 2 is 2.07 bits per heavy atom. The summed E-state index contributed by atoms with van der Waals surface area (Å²) in [7, 11) is 0. The van der Waals surface area contributed by atoms with Gasteiger partial charge in [0.15, 0.2) is 0 Å². The Labute approximate surface area is 172 Å². The zero-order valence-electron chi connectivity index (χ0n) is 15.7. The van der Waals surface area contributed by atoms with Crippen molar-refractivity contribution in [1.29, 1.82) is 0 Å². The monoisotopic (exact) mass is 403 g/mol. The van der Waals surface area contributed by atoms with Crippen molar-refractivity contribution in [1.82, 2.24) is 20.1 Å². The number of amides is 2. The number of rotatable bonds is 3. The molecular formula is C22H18ClN5O. The SMILES string of the molecule is Cc1cc(-c2n[nH]c3cc4c(cc23)CN(Cc2cccc(Cl)c2)C(=O)N4)ccn1. The number of aryl methyl sites for hydroxylation is 1. The Balaban J connectivity index is 1.51. The summed E-state index contributed by atoms with van der Waals surface area (Å²) < 4.78 is 0. The number of aromatic nitrogens is 3. The molecule has 2 amide bonds. The first kappa shape index (κ1) is 17.7. The number of halogens is 1. The van der Waals surface area contributed by atoms with Crippen LogP contribution in [0.25, 0.3) is 22.2 Å². The summed E-state index contributed by atoms with van der Waals surface area (Å²) in [5, 5.41) is 12.3. The van der Waals surface area contributed by atoms with Crippen LogP contribution in [-0.4, -0.2) is 26.1 Å². The van der Waals surface area contributed by atoms with E-state index in [9.17, 15) is 4.79 Å². The molecule has 0 fully saturated rings. The van der Waals surface area contributed by atoms with E-state index in [2.05, 4.69) is 26.6 Å². The Bertz CT molecular complexity index is 1250. The van der Waals surface area contributed by atoms with E-state index < -0.39 is 0 Å². The molecule has 4 aromatic rings. The summed E-state index contributed by atoms with van der Waals surface area (Å²) in [5.74, 6) is 0. The lowest BCUT2D eigenvalue weighted by Crippen LogP contribution is -2.38. The maximum absolute atomic E-state index is 12.6. The Kier molecular flexibility index (Phi) is 4.21. The molecule has 2 N–H and O–H groups in total. The van der Waals surface area contributed by atoms with Gasteiger partial charge in [-0.15, -0.1) is 0 Å². The zero-order chi connectivity index (χ0) is 20.0. The summed E-state index contributed by atoms with van der Waals surface area (Å²) in [6, 6.07) is 15.5. The lowest BCUT2D eigenvalue weighted by atomic mass is 10.0. The third-order valence-electron chi connectivity index (χ3n) is 5.11. The molecule has 0 atom stereocenters. The third-order valence-corrected chi connectivity index (χ3v) is 5.34. The Hall–Kier alpha value is -3.38. The number of hydrogen-bond donors (Lipinski definition) is 2. The average molecular weight is 404 g/mol. The van der Waals surface area contributed by atoms with Gasteiger partial charge in [-0.2, -0.15) is 5.10 Å². The van der Waals surface area contributed by atoms with Gasteiger partial charge in [0.25, 0.3) is 0 Å². The van der Waals surface area contributed by atoms with Crippen LogP contribution in [0.5, 0.6) is 0 Å². The fourth-order valence-electron chi connectivity index (χ4n) is 3.72. The van der Waals surface area contributed by atoms with Crippen molar-refractivity contribution >= 4 is 34.2 Å². The molecule has 0 radical (unpaired) electrons. The smallest absolute Gasteiger partial charge is 0.316 e. The van der Waals surface area contributed by atoms with E-state index in [1.165, 1.54) is 0 Å². The molecule has 0 bridgehead atoms. The normalized spacial score (nSPS) is 13.4. The molecule has 0 saturated heterocycles. The number of urea groups is 1. The minimum absolute atomic E-state index is 0.124. The highest BCUT2D eigenvalue weighted by Gasteiger charge is 2.24. The van der Waals surface area contributed by atoms with Gasteiger partial charge in [-0.25, -0.2) is 4.79 Å². The van der Waals surface area contributed by atoms with Gasteiger partial charge in [-0.05, 0) is 54.4 Å². The number of pyridine rings is 1. The first-order chi connectivity index (χ1) is 14.1. The number of anilines is 1. The van der Waals surface area contributed by atoms with E-state index in [1.54, 1.807) is 11.1 Å². The Morgan fingerprint density at radius 1 is 1.17 bits per heavy atom. The largest absolute Gasteiger partial charge is 0.322 e. The van der Waals surface area contributed by atoms with Crippen LogP contribution in [0.3, 0.4) is 0 Å². The van der Waals surface area contributed by atoms with Crippen LogP contribution in [0.2, 0.25) is 5.02 Å². The third kappa shape index (κ3) is 3.32. The molecule has 7 heteroatoms. The molecule has 144 valence electrons. The summed E-state index contributed by atoms with van der Waals surface area (Å²) in [6.45, 7) is 2.97. The fraction of sp³-hybridized carbons (Fsp3) is 0.136. The van der Waals surface area contributed by atoms with E-state index in [1.807, 2.05) is 49.4 Å². The summed E-state index contributed by atoms with van der Waals surface area (Å²) in [5.41, 5.74) is 6.58. The molecule has 1 aliphatic rings. The van der Waals surface area contributed by atoms with Crippen LogP contribution in [0.15, 0.2) is 54.7 Å². The van der Waals surface area contributed by atoms with Gasteiger partial charge in [0.1, 0.15) is 5.69 Å². The molecule has 6 nitrogen and oxygen atoms in total. The quantitative estimate of drug-likeness (QED) is 0.497. The van der Waals surface area contributed by atoms with E-state index >= 15 is 0 Å². The van der Waals surface area contributed by atoms with E-state index in [0.29, 0.717) is 18.1 Å². The number of benzene rings is 2. The molecule has 3 heterocycles. The van der Waals surface area contributed by atoms with Crippen molar-refractivity contribution in [3.63, 3.8) is 0 Å². The Morgan fingerprint density at radius 3 is 2.90 bits per heavy atom. The minimum atomic E-state index is -0.124. The second-order valence-electron chi connectivity index (χ2n) is 7.23. The van der Waals surface area contributed by atoms with Gasteiger partial charge in [-0.1, -0.05) is 23.7 Å². The number of nitrogens with zero attached hydrogens (tertiary/aromatic N) is 3. The number of H-pyrrole nitrogens is 1. The second kappa shape index (κ2) is 6.90. The van der Waals surface area contributed by atoms with Crippen molar-refractivity contribution in [3.05, 3.63) is 76.6 Å². The van der Waals surface area contributed by atoms with Gasteiger partial charge in [-0.3, -0.25) is 10.1 Å². The van der Waals surface area contributed by atoms with Crippen molar-refractivity contribution in [2.24, 2.45) is 0 Å². The highest BCUT2D eigenvalue weighted by atomic mass is 35.5. The minimum Gasteiger partial charge on any atom is -0.316 e. The first-order valence-corrected chi connectivity index (χ1v) is 9.69. The van der Waals surface area contributed by atoms with Gasteiger partial charge in [0.05, 0.1) is 5.52 Å². The number of carbonyl (C=O) groups is 1. The summed E-state index contributed by atoms with van der Waals surface area (Å²) in [4.78, 5) is 18.6. The van der Waals surface area contributed by atoms with Gasteiger partial charge >= 0.3 is 6.03 Å². The molecule has 0 spiro atoms. The molecule has 5 rings (SSSR count). The van der Waals surface area contributed by atoms with Crippen molar-refractivity contribution in [3.8, 4) is 11.3 Å².